The van der Waals surface area contributed by atoms with Gasteiger partial charge in [-0.3, -0.25) is 4.79 Å². The number of piperidine rings is 1. The first kappa shape index (κ1) is 12.5. The van der Waals surface area contributed by atoms with Crippen molar-refractivity contribution in [2.75, 3.05) is 31.1 Å². The third-order valence-corrected chi connectivity index (χ3v) is 4.47. The number of hydrogen-bond donors (Lipinski definition) is 0. The molecule has 102 valence electrons. The molecule has 0 bridgehead atoms. The van der Waals surface area contributed by atoms with Crippen LogP contribution in [0.3, 0.4) is 0 Å². The maximum Gasteiger partial charge on any atom is 0.225 e. The predicted molar refractivity (Wildman–Crippen MR) is 77.3 cm³/mol. The number of rotatable bonds is 2. The number of benzene rings is 1. The van der Waals surface area contributed by atoms with Crippen molar-refractivity contribution < 1.29 is 4.79 Å². The van der Waals surface area contributed by atoms with Gasteiger partial charge in [0.1, 0.15) is 0 Å². The number of carbonyl (C=O) groups is 1. The Hall–Kier alpha value is -1.51. The van der Waals surface area contributed by atoms with E-state index in [2.05, 4.69) is 36.1 Å². The Morgan fingerprint density at radius 2 is 1.79 bits per heavy atom. The monoisotopic (exact) mass is 258 g/mol. The van der Waals surface area contributed by atoms with Crippen LogP contribution in [0.1, 0.15) is 24.8 Å². The smallest absolute Gasteiger partial charge is 0.225 e. The van der Waals surface area contributed by atoms with E-state index >= 15 is 0 Å². The van der Waals surface area contributed by atoms with Gasteiger partial charge in [0, 0.05) is 37.8 Å². The van der Waals surface area contributed by atoms with Crippen LogP contribution in [0, 0.1) is 12.8 Å². The molecule has 0 unspecified atom stereocenters. The molecule has 0 spiro atoms. The van der Waals surface area contributed by atoms with Crippen LogP contribution in [-0.2, 0) is 4.79 Å². The van der Waals surface area contributed by atoms with Gasteiger partial charge in [0.05, 0.1) is 0 Å². The predicted octanol–water partition coefficient (Wildman–Crippen LogP) is 2.44. The molecule has 2 fully saturated rings. The molecule has 0 radical (unpaired) electrons. The molecule has 1 aromatic carbocycles. The van der Waals surface area contributed by atoms with Crippen LogP contribution in [-0.4, -0.2) is 37.0 Å². The van der Waals surface area contributed by atoms with E-state index < -0.39 is 0 Å². The Balaban J connectivity index is 1.60. The quantitative estimate of drug-likeness (QED) is 0.813. The van der Waals surface area contributed by atoms with Gasteiger partial charge in [-0.25, -0.2) is 0 Å². The van der Waals surface area contributed by atoms with Gasteiger partial charge in [-0.2, -0.15) is 0 Å². The maximum atomic E-state index is 12.2. The molecule has 3 nitrogen and oxygen atoms in total. The average Bonchev–Trinajstić information content (AvgIpc) is 2.37. The summed E-state index contributed by atoms with van der Waals surface area (Å²) in [5.41, 5.74) is 2.66. The first-order chi connectivity index (χ1) is 9.25. The molecule has 0 aromatic heterocycles. The highest BCUT2D eigenvalue weighted by molar-refractivity contribution is 5.79. The number of anilines is 1. The normalized spacial score (nSPS) is 20.3. The van der Waals surface area contributed by atoms with Crippen LogP contribution in [0.15, 0.2) is 24.3 Å². The lowest BCUT2D eigenvalue weighted by molar-refractivity contribution is -0.139. The first-order valence-electron chi connectivity index (χ1n) is 7.35. The van der Waals surface area contributed by atoms with Crippen molar-refractivity contribution in [2.24, 2.45) is 5.92 Å². The van der Waals surface area contributed by atoms with Crippen LogP contribution in [0.25, 0.3) is 0 Å². The minimum Gasteiger partial charge on any atom is -0.371 e. The number of aryl methyl sites for hydroxylation is 1. The number of likely N-dealkylation sites (tertiary alicyclic amines) is 1. The Morgan fingerprint density at radius 3 is 2.37 bits per heavy atom. The zero-order chi connectivity index (χ0) is 13.2. The second kappa shape index (κ2) is 5.24. The molecule has 1 aromatic rings. The van der Waals surface area contributed by atoms with E-state index in [4.69, 9.17) is 0 Å². The van der Waals surface area contributed by atoms with Gasteiger partial charge in [-0.1, -0.05) is 18.2 Å². The lowest BCUT2D eigenvalue weighted by atomic mass is 9.93. The fraction of sp³-hybridized carbons (Fsp3) is 0.562. The summed E-state index contributed by atoms with van der Waals surface area (Å²) in [5.74, 6) is 0.663. The van der Waals surface area contributed by atoms with E-state index in [-0.39, 0.29) is 5.92 Å². The summed E-state index contributed by atoms with van der Waals surface area (Å²) >= 11 is 0. The highest BCUT2D eigenvalue weighted by atomic mass is 16.2. The van der Waals surface area contributed by atoms with E-state index in [9.17, 15) is 4.79 Å². The molecule has 2 aliphatic rings. The fourth-order valence-electron chi connectivity index (χ4n) is 3.08. The third-order valence-electron chi connectivity index (χ3n) is 4.47. The second-order valence-electron chi connectivity index (χ2n) is 5.73. The van der Waals surface area contributed by atoms with Crippen LogP contribution in [0.4, 0.5) is 5.69 Å². The van der Waals surface area contributed by atoms with Gasteiger partial charge >= 0.3 is 0 Å². The van der Waals surface area contributed by atoms with Crippen molar-refractivity contribution in [3.05, 3.63) is 29.8 Å². The van der Waals surface area contributed by atoms with Crippen LogP contribution >= 0.6 is 0 Å². The van der Waals surface area contributed by atoms with Crippen molar-refractivity contribution in [3.63, 3.8) is 0 Å². The minimum atomic E-state index is 0.264. The summed E-state index contributed by atoms with van der Waals surface area (Å²) in [6, 6.07) is 8.53. The molecule has 3 rings (SSSR count). The van der Waals surface area contributed by atoms with Gasteiger partial charge in [0.15, 0.2) is 0 Å². The van der Waals surface area contributed by atoms with E-state index in [1.807, 2.05) is 4.90 Å². The van der Waals surface area contributed by atoms with Crippen LogP contribution in [0.2, 0.25) is 0 Å². The van der Waals surface area contributed by atoms with Gasteiger partial charge < -0.3 is 9.80 Å². The number of para-hydroxylation sites is 1. The number of nitrogens with zero attached hydrogens (tertiary/aromatic N) is 2. The minimum absolute atomic E-state index is 0.264. The SMILES string of the molecule is Cc1ccccc1N1CCC(C(=O)N2CCC2)CC1. The molecule has 0 atom stereocenters. The largest absolute Gasteiger partial charge is 0.371 e. The zero-order valence-electron chi connectivity index (χ0n) is 11.6. The topological polar surface area (TPSA) is 23.6 Å². The lowest BCUT2D eigenvalue weighted by Gasteiger charge is -2.38. The van der Waals surface area contributed by atoms with E-state index in [0.29, 0.717) is 5.91 Å². The van der Waals surface area contributed by atoms with Crippen LogP contribution in [0.5, 0.6) is 0 Å². The molecular weight excluding hydrogens is 236 g/mol. The fourth-order valence-corrected chi connectivity index (χ4v) is 3.08. The molecule has 0 N–H and O–H groups in total. The van der Waals surface area contributed by atoms with Crippen molar-refractivity contribution in [3.8, 4) is 0 Å². The van der Waals surface area contributed by atoms with Crippen molar-refractivity contribution >= 4 is 11.6 Å². The van der Waals surface area contributed by atoms with Crippen molar-refractivity contribution in [2.45, 2.75) is 26.2 Å². The zero-order valence-corrected chi connectivity index (χ0v) is 11.6. The molecule has 2 aliphatic heterocycles. The van der Waals surface area contributed by atoms with Gasteiger partial charge in [-0.15, -0.1) is 0 Å². The molecule has 19 heavy (non-hydrogen) atoms. The molecule has 2 saturated heterocycles. The summed E-state index contributed by atoms with van der Waals surface area (Å²) in [7, 11) is 0. The molecule has 1 amide bonds. The molecule has 0 saturated carbocycles. The van der Waals surface area contributed by atoms with E-state index in [0.717, 1.165) is 39.0 Å². The maximum absolute atomic E-state index is 12.2. The second-order valence-corrected chi connectivity index (χ2v) is 5.73. The molecule has 0 aliphatic carbocycles. The summed E-state index contributed by atoms with van der Waals surface area (Å²) in [4.78, 5) is 16.6. The Labute approximate surface area is 115 Å². The number of hydrogen-bond acceptors (Lipinski definition) is 2. The van der Waals surface area contributed by atoms with Crippen molar-refractivity contribution in [1.29, 1.82) is 0 Å². The Bertz CT molecular complexity index is 460. The molecule has 2 heterocycles. The highest BCUT2D eigenvalue weighted by Gasteiger charge is 2.31. The molecular formula is C16H22N2O. The molecule has 3 heteroatoms. The summed E-state index contributed by atoms with van der Waals surface area (Å²) in [6.07, 6.45) is 3.20. The highest BCUT2D eigenvalue weighted by Crippen LogP contribution is 2.27. The van der Waals surface area contributed by atoms with E-state index in [1.54, 1.807) is 0 Å². The first-order valence-corrected chi connectivity index (χ1v) is 7.35. The number of carbonyl (C=O) groups excluding carboxylic acids is 1. The van der Waals surface area contributed by atoms with Gasteiger partial charge in [0.2, 0.25) is 5.91 Å². The number of amides is 1. The van der Waals surface area contributed by atoms with Gasteiger partial charge in [0.25, 0.3) is 0 Å². The van der Waals surface area contributed by atoms with E-state index in [1.165, 1.54) is 17.7 Å². The lowest BCUT2D eigenvalue weighted by Crippen LogP contribution is -2.48. The average molecular weight is 258 g/mol. The standard InChI is InChI=1S/C16H22N2O/c1-13-5-2-3-6-15(13)17-11-7-14(8-12-17)16(19)18-9-4-10-18/h2-3,5-6,14H,4,7-12H2,1H3. The summed E-state index contributed by atoms with van der Waals surface area (Å²) < 4.78 is 0. The van der Waals surface area contributed by atoms with Gasteiger partial charge in [-0.05, 0) is 37.8 Å². The summed E-state index contributed by atoms with van der Waals surface area (Å²) in [5, 5.41) is 0. The summed E-state index contributed by atoms with van der Waals surface area (Å²) in [6.45, 7) is 6.14. The Kier molecular flexibility index (Phi) is 3.45. The van der Waals surface area contributed by atoms with Crippen molar-refractivity contribution in [1.82, 2.24) is 4.90 Å². The third kappa shape index (κ3) is 2.46. The van der Waals surface area contributed by atoms with Crippen LogP contribution < -0.4 is 4.90 Å². The Morgan fingerprint density at radius 1 is 1.11 bits per heavy atom.